The average Bonchev–Trinajstić information content (AvgIpc) is 2.65. The number of fused-ring (bicyclic) bond motifs is 1. The van der Waals surface area contributed by atoms with Crippen LogP contribution < -0.4 is 10.1 Å². The van der Waals surface area contributed by atoms with Gasteiger partial charge in [0.15, 0.2) is 0 Å². The molecule has 1 aromatic rings. The highest BCUT2D eigenvalue weighted by atomic mass is 16.5. The largest absolute Gasteiger partial charge is 0.493 e. The molecule has 1 aliphatic rings. The second-order valence-corrected chi connectivity index (χ2v) is 4.63. The van der Waals surface area contributed by atoms with Crippen molar-refractivity contribution in [1.82, 2.24) is 5.32 Å². The SMILES string of the molecule is CCOCCNC(=O)C1CCOc2ccccc2C1. The zero-order valence-corrected chi connectivity index (χ0v) is 11.4. The highest BCUT2D eigenvalue weighted by molar-refractivity contribution is 5.79. The number of para-hydroxylation sites is 1. The molecule has 0 saturated carbocycles. The number of benzene rings is 1. The number of nitrogens with one attached hydrogen (secondary N) is 1. The van der Waals surface area contributed by atoms with E-state index in [-0.39, 0.29) is 11.8 Å². The Morgan fingerprint density at radius 2 is 2.32 bits per heavy atom. The monoisotopic (exact) mass is 263 g/mol. The van der Waals surface area contributed by atoms with E-state index in [9.17, 15) is 4.79 Å². The van der Waals surface area contributed by atoms with Crippen LogP contribution in [0.3, 0.4) is 0 Å². The summed E-state index contributed by atoms with van der Waals surface area (Å²) in [6.07, 6.45) is 1.51. The molecule has 4 nitrogen and oxygen atoms in total. The lowest BCUT2D eigenvalue weighted by Crippen LogP contribution is -2.34. The van der Waals surface area contributed by atoms with Crippen molar-refractivity contribution in [1.29, 1.82) is 0 Å². The molecular formula is C15H21NO3. The van der Waals surface area contributed by atoms with Crippen LogP contribution in [0.1, 0.15) is 18.9 Å². The van der Waals surface area contributed by atoms with Crippen LogP contribution in [0.4, 0.5) is 0 Å². The summed E-state index contributed by atoms with van der Waals surface area (Å²) in [6, 6.07) is 7.94. The molecule has 104 valence electrons. The van der Waals surface area contributed by atoms with Gasteiger partial charge in [-0.2, -0.15) is 0 Å². The Morgan fingerprint density at radius 3 is 3.16 bits per heavy atom. The number of ether oxygens (including phenoxy) is 2. The van der Waals surface area contributed by atoms with Gasteiger partial charge in [0.25, 0.3) is 0 Å². The zero-order chi connectivity index (χ0) is 13.5. The summed E-state index contributed by atoms with van der Waals surface area (Å²) < 4.78 is 10.9. The van der Waals surface area contributed by atoms with Crippen molar-refractivity contribution in [3.05, 3.63) is 29.8 Å². The second-order valence-electron chi connectivity index (χ2n) is 4.63. The van der Waals surface area contributed by atoms with Crippen LogP contribution >= 0.6 is 0 Å². The fraction of sp³-hybridized carbons (Fsp3) is 0.533. The van der Waals surface area contributed by atoms with Gasteiger partial charge in [0.2, 0.25) is 5.91 Å². The third-order valence-electron chi connectivity index (χ3n) is 3.28. The van der Waals surface area contributed by atoms with E-state index in [1.807, 2.05) is 31.2 Å². The predicted octanol–water partition coefficient (Wildman–Crippen LogP) is 1.78. The predicted molar refractivity (Wildman–Crippen MR) is 73.3 cm³/mol. The maximum Gasteiger partial charge on any atom is 0.223 e. The van der Waals surface area contributed by atoms with Crippen LogP contribution in [0.5, 0.6) is 5.75 Å². The normalized spacial score (nSPS) is 18.1. The number of carbonyl (C=O) groups excluding carboxylic acids is 1. The zero-order valence-electron chi connectivity index (χ0n) is 11.4. The number of amides is 1. The standard InChI is InChI=1S/C15H21NO3/c1-2-18-10-8-16-15(17)13-7-9-19-14-6-4-3-5-12(14)11-13/h3-6,13H,2,7-11H2,1H3,(H,16,17). The van der Waals surface area contributed by atoms with E-state index in [1.54, 1.807) is 0 Å². The molecule has 0 spiro atoms. The molecule has 1 N–H and O–H groups in total. The Labute approximate surface area is 114 Å². The van der Waals surface area contributed by atoms with Crippen LogP contribution in [-0.2, 0) is 16.0 Å². The quantitative estimate of drug-likeness (QED) is 0.824. The van der Waals surface area contributed by atoms with Gasteiger partial charge in [0.05, 0.1) is 13.2 Å². The Hall–Kier alpha value is -1.55. The fourth-order valence-electron chi connectivity index (χ4n) is 2.25. The van der Waals surface area contributed by atoms with Crippen molar-refractivity contribution in [2.45, 2.75) is 19.8 Å². The molecule has 0 aliphatic carbocycles. The van der Waals surface area contributed by atoms with Gasteiger partial charge in [-0.25, -0.2) is 0 Å². The number of rotatable bonds is 5. The first-order valence-corrected chi connectivity index (χ1v) is 6.87. The van der Waals surface area contributed by atoms with E-state index in [1.165, 1.54) is 0 Å². The number of carbonyl (C=O) groups is 1. The van der Waals surface area contributed by atoms with Crippen molar-refractivity contribution in [2.75, 3.05) is 26.4 Å². The van der Waals surface area contributed by atoms with E-state index in [0.29, 0.717) is 26.4 Å². The molecule has 1 aliphatic heterocycles. The van der Waals surface area contributed by atoms with Crippen molar-refractivity contribution in [3.63, 3.8) is 0 Å². The molecule has 0 bridgehead atoms. The topological polar surface area (TPSA) is 47.6 Å². The summed E-state index contributed by atoms with van der Waals surface area (Å²) in [4.78, 5) is 12.1. The molecular weight excluding hydrogens is 242 g/mol. The highest BCUT2D eigenvalue weighted by Gasteiger charge is 2.23. The van der Waals surface area contributed by atoms with E-state index in [4.69, 9.17) is 9.47 Å². The summed E-state index contributed by atoms with van der Waals surface area (Å²) in [5.74, 6) is 0.998. The van der Waals surface area contributed by atoms with Crippen LogP contribution in [0.15, 0.2) is 24.3 Å². The van der Waals surface area contributed by atoms with Crippen LogP contribution in [0.25, 0.3) is 0 Å². The molecule has 19 heavy (non-hydrogen) atoms. The summed E-state index contributed by atoms with van der Waals surface area (Å²) in [5.41, 5.74) is 1.12. The molecule has 0 saturated heterocycles. The third-order valence-corrected chi connectivity index (χ3v) is 3.28. The van der Waals surface area contributed by atoms with Gasteiger partial charge in [-0.15, -0.1) is 0 Å². The fourth-order valence-corrected chi connectivity index (χ4v) is 2.25. The Bertz CT molecular complexity index is 420. The van der Waals surface area contributed by atoms with Crippen LogP contribution in [-0.4, -0.2) is 32.3 Å². The Morgan fingerprint density at radius 1 is 1.47 bits per heavy atom. The Balaban J connectivity index is 1.89. The molecule has 2 rings (SSSR count). The van der Waals surface area contributed by atoms with E-state index >= 15 is 0 Å². The molecule has 1 unspecified atom stereocenters. The van der Waals surface area contributed by atoms with Gasteiger partial charge >= 0.3 is 0 Å². The van der Waals surface area contributed by atoms with Crippen LogP contribution in [0, 0.1) is 5.92 Å². The van der Waals surface area contributed by atoms with E-state index in [2.05, 4.69) is 5.32 Å². The maximum atomic E-state index is 12.1. The first-order valence-electron chi connectivity index (χ1n) is 6.87. The summed E-state index contributed by atoms with van der Waals surface area (Å²) in [6.45, 7) is 4.37. The van der Waals surface area contributed by atoms with Crippen molar-refractivity contribution in [2.24, 2.45) is 5.92 Å². The molecule has 0 radical (unpaired) electrons. The van der Waals surface area contributed by atoms with Gasteiger partial charge in [-0.05, 0) is 31.4 Å². The van der Waals surface area contributed by atoms with Gasteiger partial charge in [0.1, 0.15) is 5.75 Å². The molecule has 1 aromatic carbocycles. The van der Waals surface area contributed by atoms with Gasteiger partial charge in [-0.3, -0.25) is 4.79 Å². The first kappa shape index (κ1) is 13.9. The lowest BCUT2D eigenvalue weighted by Gasteiger charge is -2.13. The molecule has 4 heteroatoms. The lowest BCUT2D eigenvalue weighted by atomic mass is 9.96. The molecule has 0 aromatic heterocycles. The van der Waals surface area contributed by atoms with Crippen molar-refractivity contribution >= 4 is 5.91 Å². The van der Waals surface area contributed by atoms with Gasteiger partial charge in [0, 0.05) is 19.1 Å². The summed E-state index contributed by atoms with van der Waals surface area (Å²) >= 11 is 0. The first-order chi connectivity index (χ1) is 9.31. The van der Waals surface area contributed by atoms with Crippen molar-refractivity contribution in [3.8, 4) is 5.75 Å². The van der Waals surface area contributed by atoms with Gasteiger partial charge in [-0.1, -0.05) is 18.2 Å². The van der Waals surface area contributed by atoms with Gasteiger partial charge < -0.3 is 14.8 Å². The van der Waals surface area contributed by atoms with E-state index < -0.39 is 0 Å². The number of hydrogen-bond acceptors (Lipinski definition) is 3. The molecule has 0 fully saturated rings. The molecule has 1 amide bonds. The van der Waals surface area contributed by atoms with E-state index in [0.717, 1.165) is 24.2 Å². The number of hydrogen-bond donors (Lipinski definition) is 1. The maximum absolute atomic E-state index is 12.1. The minimum absolute atomic E-state index is 0.00900. The Kier molecular flexibility index (Phi) is 5.21. The van der Waals surface area contributed by atoms with Crippen LogP contribution in [0.2, 0.25) is 0 Å². The minimum Gasteiger partial charge on any atom is -0.493 e. The minimum atomic E-state index is -0.00900. The third kappa shape index (κ3) is 3.96. The highest BCUT2D eigenvalue weighted by Crippen LogP contribution is 2.26. The molecule has 1 heterocycles. The summed E-state index contributed by atoms with van der Waals surface area (Å²) in [5, 5.41) is 2.93. The molecule has 1 atom stereocenters. The smallest absolute Gasteiger partial charge is 0.223 e. The second kappa shape index (κ2) is 7.14. The summed E-state index contributed by atoms with van der Waals surface area (Å²) in [7, 11) is 0. The lowest BCUT2D eigenvalue weighted by molar-refractivity contribution is -0.125. The average molecular weight is 263 g/mol. The van der Waals surface area contributed by atoms with Crippen molar-refractivity contribution < 1.29 is 14.3 Å².